The maximum Gasteiger partial charge on any atom is 0.218 e. The highest BCUT2D eigenvalue weighted by molar-refractivity contribution is 7.71. The molecule has 0 aromatic carbocycles. The van der Waals surface area contributed by atoms with E-state index in [9.17, 15) is 0 Å². The maximum atomic E-state index is 8.63. The van der Waals surface area contributed by atoms with Crippen LogP contribution in [0.3, 0.4) is 0 Å². The van der Waals surface area contributed by atoms with Gasteiger partial charge in [0.2, 0.25) is 5.88 Å². The largest absolute Gasteiger partial charge is 0.459 e. The SMILES string of the molecule is Cc1coc2c(=S)cc(NO)oc12. The monoisotopic (exact) mass is 197 g/mol. The van der Waals surface area contributed by atoms with E-state index in [4.69, 9.17) is 26.3 Å². The predicted octanol–water partition coefficient (Wildman–Crippen LogP) is 2.86. The first-order chi connectivity index (χ1) is 6.22. The van der Waals surface area contributed by atoms with Crippen molar-refractivity contribution in [1.29, 1.82) is 0 Å². The van der Waals surface area contributed by atoms with E-state index < -0.39 is 0 Å². The quantitative estimate of drug-likeness (QED) is 0.543. The summed E-state index contributed by atoms with van der Waals surface area (Å²) in [5.41, 5.74) is 3.84. The van der Waals surface area contributed by atoms with Crippen molar-refractivity contribution in [2.45, 2.75) is 6.92 Å². The highest BCUT2D eigenvalue weighted by Gasteiger charge is 2.07. The van der Waals surface area contributed by atoms with Crippen LogP contribution in [0, 0.1) is 11.4 Å². The fourth-order valence-electron chi connectivity index (χ4n) is 1.11. The third-order valence-corrected chi connectivity index (χ3v) is 2.03. The molecule has 0 unspecified atom stereocenters. The molecule has 0 saturated heterocycles. The summed E-state index contributed by atoms with van der Waals surface area (Å²) in [5.74, 6) is 0.210. The molecule has 0 fully saturated rings. The van der Waals surface area contributed by atoms with Gasteiger partial charge in [0.15, 0.2) is 11.2 Å². The molecule has 0 spiro atoms. The number of nitrogens with one attached hydrogen (secondary N) is 1. The second-order valence-corrected chi connectivity index (χ2v) is 3.10. The molecule has 2 heterocycles. The molecule has 0 aliphatic heterocycles. The Bertz CT molecular complexity index is 500. The summed E-state index contributed by atoms with van der Waals surface area (Å²) in [5, 5.41) is 8.63. The Morgan fingerprint density at radius 1 is 1.46 bits per heavy atom. The Morgan fingerprint density at radius 2 is 2.23 bits per heavy atom. The molecule has 2 N–H and O–H groups in total. The van der Waals surface area contributed by atoms with E-state index in [-0.39, 0.29) is 5.88 Å². The Kier molecular flexibility index (Phi) is 1.82. The van der Waals surface area contributed by atoms with Crippen LogP contribution in [0.2, 0.25) is 0 Å². The number of aryl methyl sites for hydroxylation is 1. The molecule has 2 aromatic heterocycles. The minimum Gasteiger partial charge on any atom is -0.459 e. The van der Waals surface area contributed by atoms with Gasteiger partial charge < -0.3 is 8.83 Å². The molecule has 0 atom stereocenters. The van der Waals surface area contributed by atoms with Gasteiger partial charge in [-0.2, -0.15) is 0 Å². The first kappa shape index (κ1) is 8.28. The summed E-state index contributed by atoms with van der Waals surface area (Å²) in [4.78, 5) is 0. The fraction of sp³-hybridized carbons (Fsp3) is 0.125. The van der Waals surface area contributed by atoms with Crippen LogP contribution in [0.15, 0.2) is 21.2 Å². The highest BCUT2D eigenvalue weighted by Crippen LogP contribution is 2.25. The van der Waals surface area contributed by atoms with Crippen LogP contribution >= 0.6 is 12.2 Å². The van der Waals surface area contributed by atoms with Crippen LogP contribution in [-0.4, -0.2) is 5.21 Å². The highest BCUT2D eigenvalue weighted by atomic mass is 32.1. The van der Waals surface area contributed by atoms with E-state index in [2.05, 4.69) is 0 Å². The molecule has 0 bridgehead atoms. The molecule has 0 radical (unpaired) electrons. The Hall–Kier alpha value is -1.33. The van der Waals surface area contributed by atoms with Crippen molar-refractivity contribution >= 4 is 29.3 Å². The Morgan fingerprint density at radius 3 is 2.92 bits per heavy atom. The van der Waals surface area contributed by atoms with Gasteiger partial charge in [-0.05, 0) is 6.92 Å². The number of hydrogen-bond acceptors (Lipinski definition) is 5. The lowest BCUT2D eigenvalue weighted by atomic mass is 10.3. The second kappa shape index (κ2) is 2.86. The molecular weight excluding hydrogens is 190 g/mol. The lowest BCUT2D eigenvalue weighted by Crippen LogP contribution is -1.88. The molecule has 0 aliphatic rings. The molecular formula is C8H7NO3S. The first-order valence-electron chi connectivity index (χ1n) is 3.64. The first-order valence-corrected chi connectivity index (χ1v) is 4.05. The maximum absolute atomic E-state index is 8.63. The summed E-state index contributed by atoms with van der Waals surface area (Å²) in [6.07, 6.45) is 1.56. The van der Waals surface area contributed by atoms with Gasteiger partial charge in [0.1, 0.15) is 0 Å². The van der Waals surface area contributed by atoms with Crippen molar-refractivity contribution < 1.29 is 14.0 Å². The van der Waals surface area contributed by atoms with E-state index >= 15 is 0 Å². The van der Waals surface area contributed by atoms with Crippen molar-refractivity contribution in [3.8, 4) is 0 Å². The summed E-state index contributed by atoms with van der Waals surface area (Å²) in [6.45, 7) is 1.84. The summed E-state index contributed by atoms with van der Waals surface area (Å²) in [6, 6.07) is 1.49. The van der Waals surface area contributed by atoms with Gasteiger partial charge in [-0.15, -0.1) is 0 Å². The van der Waals surface area contributed by atoms with Gasteiger partial charge in [-0.25, -0.2) is 5.48 Å². The third kappa shape index (κ3) is 1.22. The Labute approximate surface area is 78.7 Å². The molecule has 2 rings (SSSR count). The standard InChI is InChI=1S/C8H7NO3S/c1-4-3-11-8-5(13)2-6(9-10)12-7(4)8/h2-3,9-10H,1H3. The topological polar surface area (TPSA) is 58.5 Å². The van der Waals surface area contributed by atoms with E-state index in [0.29, 0.717) is 15.7 Å². The average molecular weight is 197 g/mol. The zero-order chi connectivity index (χ0) is 9.42. The van der Waals surface area contributed by atoms with Crippen molar-refractivity contribution in [3.05, 3.63) is 22.4 Å². The molecule has 2 aromatic rings. The van der Waals surface area contributed by atoms with E-state index in [1.54, 1.807) is 6.26 Å². The summed E-state index contributed by atoms with van der Waals surface area (Å²) >= 11 is 5.02. The minimum absolute atomic E-state index is 0.210. The van der Waals surface area contributed by atoms with Crippen molar-refractivity contribution in [2.24, 2.45) is 0 Å². The minimum atomic E-state index is 0.210. The van der Waals surface area contributed by atoms with E-state index in [1.807, 2.05) is 12.4 Å². The van der Waals surface area contributed by atoms with Crippen molar-refractivity contribution in [2.75, 3.05) is 5.48 Å². The van der Waals surface area contributed by atoms with E-state index in [0.717, 1.165) is 5.56 Å². The molecule has 13 heavy (non-hydrogen) atoms. The smallest absolute Gasteiger partial charge is 0.218 e. The summed E-state index contributed by atoms with van der Waals surface area (Å²) < 4.78 is 10.9. The number of fused-ring (bicyclic) bond motifs is 1. The zero-order valence-electron chi connectivity index (χ0n) is 6.83. The normalized spacial score (nSPS) is 10.6. The van der Waals surface area contributed by atoms with Crippen LogP contribution in [-0.2, 0) is 0 Å². The number of hydrogen-bond donors (Lipinski definition) is 2. The molecule has 5 heteroatoms. The molecule has 0 aliphatic carbocycles. The van der Waals surface area contributed by atoms with Gasteiger partial charge in [-0.3, -0.25) is 5.21 Å². The number of rotatable bonds is 1. The Balaban J connectivity index is 2.88. The van der Waals surface area contributed by atoms with Crippen LogP contribution < -0.4 is 5.48 Å². The van der Waals surface area contributed by atoms with Crippen molar-refractivity contribution in [3.63, 3.8) is 0 Å². The van der Waals surface area contributed by atoms with Crippen LogP contribution in [0.1, 0.15) is 5.56 Å². The zero-order valence-corrected chi connectivity index (χ0v) is 7.64. The van der Waals surface area contributed by atoms with Gasteiger partial charge in [0.05, 0.1) is 10.8 Å². The fourth-order valence-corrected chi connectivity index (χ4v) is 1.36. The van der Waals surface area contributed by atoms with Gasteiger partial charge in [-0.1, -0.05) is 12.2 Å². The molecule has 68 valence electrons. The third-order valence-electron chi connectivity index (χ3n) is 1.73. The number of anilines is 1. The lowest BCUT2D eigenvalue weighted by Gasteiger charge is -1.97. The number of furan rings is 1. The molecule has 0 saturated carbocycles. The van der Waals surface area contributed by atoms with Gasteiger partial charge >= 0.3 is 0 Å². The molecule has 0 amide bonds. The second-order valence-electron chi connectivity index (χ2n) is 2.66. The lowest BCUT2D eigenvalue weighted by molar-refractivity contribution is 0.364. The van der Waals surface area contributed by atoms with Crippen LogP contribution in [0.4, 0.5) is 5.88 Å². The van der Waals surface area contributed by atoms with Gasteiger partial charge in [0, 0.05) is 11.6 Å². The summed E-state index contributed by atoms with van der Waals surface area (Å²) in [7, 11) is 0. The van der Waals surface area contributed by atoms with Crippen molar-refractivity contribution in [1.82, 2.24) is 0 Å². The van der Waals surface area contributed by atoms with Crippen LogP contribution in [0.5, 0.6) is 0 Å². The molecule has 4 nitrogen and oxygen atoms in total. The predicted molar refractivity (Wildman–Crippen MR) is 49.5 cm³/mol. The van der Waals surface area contributed by atoms with Gasteiger partial charge in [0.25, 0.3) is 0 Å². The average Bonchev–Trinajstić information content (AvgIpc) is 2.48. The van der Waals surface area contributed by atoms with Crippen LogP contribution in [0.25, 0.3) is 11.2 Å². The van der Waals surface area contributed by atoms with E-state index in [1.165, 1.54) is 6.07 Å².